The molecular weight excluding hydrogens is 292 g/mol. The molecule has 1 aromatic heterocycles. The highest BCUT2D eigenvalue weighted by atomic mass is 16.5. The number of aromatic nitrogens is 1. The summed E-state index contributed by atoms with van der Waals surface area (Å²) < 4.78 is 5.24. The summed E-state index contributed by atoms with van der Waals surface area (Å²) in [5, 5.41) is 10.3. The molecule has 122 valence electrons. The zero-order valence-corrected chi connectivity index (χ0v) is 13.7. The van der Waals surface area contributed by atoms with Gasteiger partial charge in [-0.25, -0.2) is 0 Å². The number of aryl methyl sites for hydroxylation is 2. The van der Waals surface area contributed by atoms with Crippen molar-refractivity contribution in [2.24, 2.45) is 0 Å². The Bertz CT molecular complexity index is 691. The molecule has 1 aromatic carbocycles. The molecule has 2 heterocycles. The molecule has 1 amide bonds. The van der Waals surface area contributed by atoms with Crippen molar-refractivity contribution < 1.29 is 9.32 Å². The summed E-state index contributed by atoms with van der Waals surface area (Å²) in [4.78, 5) is 13.3. The van der Waals surface area contributed by atoms with Crippen molar-refractivity contribution in [2.45, 2.75) is 26.3 Å². The lowest BCUT2D eigenvalue weighted by atomic mass is 10.0. The van der Waals surface area contributed by atoms with Crippen molar-refractivity contribution in [2.75, 3.05) is 30.8 Å². The van der Waals surface area contributed by atoms with Gasteiger partial charge in [0.2, 0.25) is 6.41 Å². The number of likely N-dealkylation sites (N-methyl/N-ethyl adjacent to an activating group) is 1. The normalized spacial score (nSPS) is 18.1. The Morgan fingerprint density at radius 1 is 1.35 bits per heavy atom. The molecule has 1 aliphatic heterocycles. The first-order valence-corrected chi connectivity index (χ1v) is 7.81. The smallest absolute Gasteiger partial charge is 0.211 e. The van der Waals surface area contributed by atoms with E-state index in [2.05, 4.69) is 27.7 Å². The van der Waals surface area contributed by atoms with Crippen LogP contribution in [0.15, 0.2) is 22.7 Å². The van der Waals surface area contributed by atoms with E-state index in [-0.39, 0.29) is 0 Å². The zero-order valence-electron chi connectivity index (χ0n) is 13.7. The van der Waals surface area contributed by atoms with Crippen LogP contribution in [0.1, 0.15) is 17.9 Å². The second-order valence-electron chi connectivity index (χ2n) is 6.11. The predicted octanol–water partition coefficient (Wildman–Crippen LogP) is 2.64. The van der Waals surface area contributed by atoms with E-state index in [4.69, 9.17) is 4.52 Å². The number of carbonyl (C=O) groups is 1. The highest BCUT2D eigenvalue weighted by Crippen LogP contribution is 2.33. The zero-order chi connectivity index (χ0) is 16.4. The van der Waals surface area contributed by atoms with E-state index in [9.17, 15) is 4.79 Å². The fourth-order valence-electron chi connectivity index (χ4n) is 3.18. The van der Waals surface area contributed by atoms with Crippen LogP contribution in [0.5, 0.6) is 0 Å². The van der Waals surface area contributed by atoms with Gasteiger partial charge in [0.25, 0.3) is 0 Å². The molecule has 1 atom stereocenters. The van der Waals surface area contributed by atoms with Crippen molar-refractivity contribution in [1.29, 1.82) is 0 Å². The van der Waals surface area contributed by atoms with E-state index >= 15 is 0 Å². The fourth-order valence-corrected chi connectivity index (χ4v) is 3.18. The van der Waals surface area contributed by atoms with Crippen LogP contribution in [-0.2, 0) is 4.79 Å². The molecule has 6 heteroatoms. The summed E-state index contributed by atoms with van der Waals surface area (Å²) in [7, 11) is 2.12. The van der Waals surface area contributed by atoms with Crippen LogP contribution in [0.2, 0.25) is 0 Å². The number of amides is 1. The number of nitrogens with one attached hydrogen (secondary N) is 2. The Labute approximate surface area is 135 Å². The third kappa shape index (κ3) is 3.22. The van der Waals surface area contributed by atoms with Crippen LogP contribution >= 0.6 is 0 Å². The SMILES string of the molecule is Cc1noc(C)c1-c1ccc(NC2CCN(C)C2)c(NC=O)c1. The largest absolute Gasteiger partial charge is 0.379 e. The van der Waals surface area contributed by atoms with E-state index in [0.29, 0.717) is 12.5 Å². The molecule has 23 heavy (non-hydrogen) atoms. The van der Waals surface area contributed by atoms with Gasteiger partial charge in [-0.3, -0.25) is 4.79 Å². The first kappa shape index (κ1) is 15.6. The van der Waals surface area contributed by atoms with Crippen LogP contribution in [0.3, 0.4) is 0 Å². The third-order valence-electron chi connectivity index (χ3n) is 4.31. The Balaban J connectivity index is 1.91. The van der Waals surface area contributed by atoms with E-state index in [0.717, 1.165) is 53.5 Å². The highest BCUT2D eigenvalue weighted by molar-refractivity contribution is 5.85. The molecule has 1 saturated heterocycles. The molecule has 2 aromatic rings. The van der Waals surface area contributed by atoms with E-state index in [1.165, 1.54) is 0 Å². The van der Waals surface area contributed by atoms with Crippen molar-refractivity contribution >= 4 is 17.8 Å². The fraction of sp³-hybridized carbons (Fsp3) is 0.412. The molecule has 6 nitrogen and oxygen atoms in total. The topological polar surface area (TPSA) is 70.4 Å². The third-order valence-corrected chi connectivity index (χ3v) is 4.31. The van der Waals surface area contributed by atoms with Gasteiger partial charge in [0.1, 0.15) is 5.76 Å². The lowest BCUT2D eigenvalue weighted by Crippen LogP contribution is -2.24. The minimum absolute atomic E-state index is 0.400. The number of hydrogen-bond donors (Lipinski definition) is 2. The van der Waals surface area contributed by atoms with Gasteiger partial charge < -0.3 is 20.1 Å². The molecule has 0 bridgehead atoms. The molecule has 0 saturated carbocycles. The van der Waals surface area contributed by atoms with Crippen LogP contribution in [-0.4, -0.2) is 42.6 Å². The summed E-state index contributed by atoms with van der Waals surface area (Å²) >= 11 is 0. The minimum Gasteiger partial charge on any atom is -0.379 e. The standard InChI is InChI=1S/C17H22N4O2/c1-11-17(12(2)23-20-11)13-4-5-15(16(8-13)18-10-22)19-14-6-7-21(3)9-14/h4-5,8,10,14,19H,6-7,9H2,1-3H3,(H,18,22). The van der Waals surface area contributed by atoms with Gasteiger partial charge in [-0.2, -0.15) is 0 Å². The number of nitrogens with zero attached hydrogens (tertiary/aromatic N) is 2. The average molecular weight is 314 g/mol. The average Bonchev–Trinajstić information content (AvgIpc) is 3.07. The number of carbonyl (C=O) groups excluding carboxylic acids is 1. The lowest BCUT2D eigenvalue weighted by Gasteiger charge is -2.18. The van der Waals surface area contributed by atoms with Crippen LogP contribution < -0.4 is 10.6 Å². The van der Waals surface area contributed by atoms with Gasteiger partial charge in [-0.1, -0.05) is 11.2 Å². The maximum absolute atomic E-state index is 11.0. The maximum atomic E-state index is 11.0. The Hall–Kier alpha value is -2.34. The molecule has 1 unspecified atom stereocenters. The monoisotopic (exact) mass is 314 g/mol. The van der Waals surface area contributed by atoms with Gasteiger partial charge in [-0.15, -0.1) is 0 Å². The quantitative estimate of drug-likeness (QED) is 0.830. The number of benzene rings is 1. The van der Waals surface area contributed by atoms with E-state index in [1.807, 2.05) is 32.0 Å². The first-order chi connectivity index (χ1) is 11.1. The highest BCUT2D eigenvalue weighted by Gasteiger charge is 2.20. The van der Waals surface area contributed by atoms with Crippen molar-refractivity contribution in [1.82, 2.24) is 10.1 Å². The minimum atomic E-state index is 0.400. The van der Waals surface area contributed by atoms with E-state index < -0.39 is 0 Å². The van der Waals surface area contributed by atoms with Crippen molar-refractivity contribution in [3.63, 3.8) is 0 Å². The van der Waals surface area contributed by atoms with Crippen LogP contribution in [0.4, 0.5) is 11.4 Å². The van der Waals surface area contributed by atoms with Crippen molar-refractivity contribution in [3.8, 4) is 11.1 Å². The lowest BCUT2D eigenvalue weighted by molar-refractivity contribution is -0.105. The summed E-state index contributed by atoms with van der Waals surface area (Å²) in [6.07, 6.45) is 1.81. The second kappa shape index (κ2) is 6.42. The Morgan fingerprint density at radius 2 is 2.17 bits per heavy atom. The molecule has 1 aliphatic rings. The predicted molar refractivity (Wildman–Crippen MR) is 90.6 cm³/mol. The second-order valence-corrected chi connectivity index (χ2v) is 6.11. The molecular formula is C17H22N4O2. The van der Waals surface area contributed by atoms with Gasteiger partial charge in [0.05, 0.1) is 17.1 Å². The maximum Gasteiger partial charge on any atom is 0.211 e. The first-order valence-electron chi connectivity index (χ1n) is 7.81. The van der Waals surface area contributed by atoms with Gasteiger partial charge in [-0.05, 0) is 51.6 Å². The van der Waals surface area contributed by atoms with Crippen molar-refractivity contribution in [3.05, 3.63) is 29.7 Å². The number of likely N-dealkylation sites (tertiary alicyclic amines) is 1. The number of anilines is 2. The number of rotatable bonds is 5. The van der Waals surface area contributed by atoms with Gasteiger partial charge in [0.15, 0.2) is 0 Å². The Morgan fingerprint density at radius 3 is 2.78 bits per heavy atom. The molecule has 0 radical (unpaired) electrons. The van der Waals surface area contributed by atoms with E-state index in [1.54, 1.807) is 0 Å². The molecule has 3 rings (SSSR count). The summed E-state index contributed by atoms with van der Waals surface area (Å²) in [5.74, 6) is 0.776. The van der Waals surface area contributed by atoms with Crippen LogP contribution in [0.25, 0.3) is 11.1 Å². The summed E-state index contributed by atoms with van der Waals surface area (Å²) in [5.41, 5.74) is 4.52. The van der Waals surface area contributed by atoms with Gasteiger partial charge in [0, 0.05) is 18.2 Å². The molecule has 2 N–H and O–H groups in total. The van der Waals surface area contributed by atoms with Crippen LogP contribution in [0, 0.1) is 13.8 Å². The summed E-state index contributed by atoms with van der Waals surface area (Å²) in [6, 6.07) is 6.40. The van der Waals surface area contributed by atoms with Gasteiger partial charge >= 0.3 is 0 Å². The molecule has 1 fully saturated rings. The number of hydrogen-bond acceptors (Lipinski definition) is 5. The summed E-state index contributed by atoms with van der Waals surface area (Å²) in [6.45, 7) is 5.90. The molecule has 0 spiro atoms. The molecule has 0 aliphatic carbocycles. The Kier molecular flexibility index (Phi) is 4.34.